The first-order valence-electron chi connectivity index (χ1n) is 13.8. The Bertz CT molecular complexity index is 1500. The number of amides is 2. The summed E-state index contributed by atoms with van der Waals surface area (Å²) < 4.78 is 6.44. The molecule has 2 N–H and O–H groups in total. The first-order chi connectivity index (χ1) is 19.0. The van der Waals surface area contributed by atoms with Crippen molar-refractivity contribution in [2.75, 3.05) is 17.2 Å². The van der Waals surface area contributed by atoms with Crippen molar-refractivity contribution >= 4 is 42.4 Å². The molecule has 1 aromatic heterocycles. The second-order valence-corrected chi connectivity index (χ2v) is 16.2. The molecule has 0 saturated carbocycles. The molecule has 4 rings (SSSR count). The van der Waals surface area contributed by atoms with Gasteiger partial charge in [-0.25, -0.2) is 0 Å². The van der Waals surface area contributed by atoms with E-state index in [0.717, 1.165) is 22.9 Å². The third-order valence-electron chi connectivity index (χ3n) is 8.33. The number of hydrogen-bond donors (Lipinski definition) is 2. The van der Waals surface area contributed by atoms with E-state index in [1.165, 1.54) is 0 Å². The minimum atomic E-state index is -1.86. The van der Waals surface area contributed by atoms with E-state index in [1.807, 2.05) is 48.5 Å². The third-order valence-corrected chi connectivity index (χ3v) is 12.9. The summed E-state index contributed by atoms with van der Waals surface area (Å²) >= 11 is 0. The Morgan fingerprint density at radius 2 is 1.57 bits per heavy atom. The second-order valence-electron chi connectivity index (χ2n) is 11.6. The van der Waals surface area contributed by atoms with Crippen LogP contribution in [0.4, 0.5) is 11.4 Å². The number of pyridine rings is 1. The monoisotopic (exact) mass is 553 g/mol. The standard InChI is InChI=1S/C33H39N3O3Si/c1-23(2)33(3,4)40(5,6)39-20-19-24-15-17-27(18-16-24)35-32(38)28-12-8-10-14-30(28)36-31(37)26-21-25-11-7-9-13-29(25)34-22-26/h7-18,21-23H,19-20H2,1-6H3,(H,35,38)(H,36,37). The predicted molar refractivity (Wildman–Crippen MR) is 167 cm³/mol. The smallest absolute Gasteiger partial charge is 0.257 e. The van der Waals surface area contributed by atoms with Crippen molar-refractivity contribution in [3.05, 3.63) is 102 Å². The summed E-state index contributed by atoms with van der Waals surface area (Å²) in [4.78, 5) is 30.5. The summed E-state index contributed by atoms with van der Waals surface area (Å²) in [6, 6.07) is 24.2. The highest BCUT2D eigenvalue weighted by molar-refractivity contribution is 6.74. The van der Waals surface area contributed by atoms with Gasteiger partial charge in [-0.3, -0.25) is 14.6 Å². The molecule has 0 aliphatic rings. The molecule has 0 radical (unpaired) electrons. The molecule has 4 aromatic rings. The van der Waals surface area contributed by atoms with Crippen LogP contribution in [0.25, 0.3) is 10.9 Å². The number of aromatic nitrogens is 1. The fraction of sp³-hybridized carbons (Fsp3) is 0.303. The van der Waals surface area contributed by atoms with Crippen LogP contribution in [0.2, 0.25) is 18.1 Å². The molecule has 0 aliphatic heterocycles. The van der Waals surface area contributed by atoms with E-state index in [0.29, 0.717) is 35.0 Å². The van der Waals surface area contributed by atoms with E-state index in [9.17, 15) is 9.59 Å². The molecule has 0 fully saturated rings. The fourth-order valence-corrected chi connectivity index (χ4v) is 6.81. The summed E-state index contributed by atoms with van der Waals surface area (Å²) in [7, 11) is -1.86. The number of anilines is 2. The largest absolute Gasteiger partial charge is 0.416 e. The average Bonchev–Trinajstić information content (AvgIpc) is 2.93. The molecule has 1 heterocycles. The Morgan fingerprint density at radius 3 is 2.30 bits per heavy atom. The SMILES string of the molecule is CC(C)C(C)(C)[Si](C)(C)OCCc1ccc(NC(=O)c2ccccc2NC(=O)c2cnc3ccccc3c2)cc1. The average molecular weight is 554 g/mol. The Labute approximate surface area is 238 Å². The summed E-state index contributed by atoms with van der Waals surface area (Å²) in [6.07, 6.45) is 2.36. The van der Waals surface area contributed by atoms with Crippen LogP contribution < -0.4 is 10.6 Å². The van der Waals surface area contributed by atoms with Crippen molar-refractivity contribution in [2.24, 2.45) is 5.92 Å². The zero-order valence-electron chi connectivity index (χ0n) is 24.2. The maximum atomic E-state index is 13.2. The predicted octanol–water partition coefficient (Wildman–Crippen LogP) is 7.94. The number of benzene rings is 3. The Kier molecular flexibility index (Phi) is 8.86. The Hall–Kier alpha value is -3.81. The molecule has 0 spiro atoms. The highest BCUT2D eigenvalue weighted by atomic mass is 28.4. The number of carbonyl (C=O) groups is 2. The third kappa shape index (κ3) is 6.66. The minimum absolute atomic E-state index is 0.184. The van der Waals surface area contributed by atoms with Crippen molar-refractivity contribution in [3.63, 3.8) is 0 Å². The summed E-state index contributed by atoms with van der Waals surface area (Å²) in [5.74, 6) is -0.0633. The summed E-state index contributed by atoms with van der Waals surface area (Å²) in [6.45, 7) is 14.4. The van der Waals surface area contributed by atoms with Crippen LogP contribution in [0, 0.1) is 5.92 Å². The van der Waals surface area contributed by atoms with Gasteiger partial charge in [-0.1, -0.05) is 70.2 Å². The zero-order chi connectivity index (χ0) is 28.9. The molecular weight excluding hydrogens is 514 g/mol. The first kappa shape index (κ1) is 29.2. The topological polar surface area (TPSA) is 80.3 Å². The first-order valence-corrected chi connectivity index (χ1v) is 16.7. The summed E-state index contributed by atoms with van der Waals surface area (Å²) in [5, 5.41) is 6.88. The van der Waals surface area contributed by atoms with Crippen molar-refractivity contribution in [1.82, 2.24) is 4.98 Å². The van der Waals surface area contributed by atoms with E-state index in [1.54, 1.807) is 36.5 Å². The molecule has 208 valence electrons. The Morgan fingerprint density at radius 1 is 0.900 bits per heavy atom. The van der Waals surface area contributed by atoms with Crippen LogP contribution in [-0.4, -0.2) is 31.7 Å². The minimum Gasteiger partial charge on any atom is -0.416 e. The van der Waals surface area contributed by atoms with Gasteiger partial charge in [0.15, 0.2) is 8.32 Å². The van der Waals surface area contributed by atoms with Gasteiger partial charge in [-0.05, 0) is 72.4 Å². The van der Waals surface area contributed by atoms with Crippen LogP contribution >= 0.6 is 0 Å². The molecule has 0 atom stereocenters. The number of rotatable bonds is 10. The van der Waals surface area contributed by atoms with Crippen LogP contribution in [0.15, 0.2) is 85.1 Å². The number of carbonyl (C=O) groups excluding carboxylic acids is 2. The van der Waals surface area contributed by atoms with E-state index in [2.05, 4.69) is 56.4 Å². The van der Waals surface area contributed by atoms with E-state index >= 15 is 0 Å². The van der Waals surface area contributed by atoms with Crippen LogP contribution in [0.3, 0.4) is 0 Å². The number of nitrogens with zero attached hydrogens (tertiary/aromatic N) is 1. The van der Waals surface area contributed by atoms with Crippen molar-refractivity contribution < 1.29 is 14.0 Å². The molecular formula is C33H39N3O3Si. The summed E-state index contributed by atoms with van der Waals surface area (Å²) in [5.41, 5.74) is 3.89. The van der Waals surface area contributed by atoms with Gasteiger partial charge in [-0.15, -0.1) is 0 Å². The number of para-hydroxylation sites is 2. The lowest BCUT2D eigenvalue weighted by Gasteiger charge is -2.42. The molecule has 0 aliphatic carbocycles. The number of nitrogens with one attached hydrogen (secondary N) is 2. The van der Waals surface area contributed by atoms with Gasteiger partial charge in [0.1, 0.15) is 0 Å². The van der Waals surface area contributed by atoms with Crippen LogP contribution in [0.5, 0.6) is 0 Å². The molecule has 0 bridgehead atoms. The van der Waals surface area contributed by atoms with Crippen molar-refractivity contribution in [1.29, 1.82) is 0 Å². The lowest BCUT2D eigenvalue weighted by molar-refractivity contribution is 0.102. The maximum Gasteiger partial charge on any atom is 0.257 e. The molecule has 0 saturated heterocycles. The normalized spacial score (nSPS) is 12.0. The van der Waals surface area contributed by atoms with E-state index < -0.39 is 8.32 Å². The molecule has 2 amide bonds. The number of hydrogen-bond acceptors (Lipinski definition) is 4. The van der Waals surface area contributed by atoms with Crippen molar-refractivity contribution in [3.8, 4) is 0 Å². The molecule has 40 heavy (non-hydrogen) atoms. The van der Waals surface area contributed by atoms with Crippen LogP contribution in [0.1, 0.15) is 54.0 Å². The maximum absolute atomic E-state index is 13.2. The molecule has 0 unspecified atom stereocenters. The lowest BCUT2D eigenvalue weighted by atomic mass is 9.99. The molecule has 7 heteroatoms. The highest BCUT2D eigenvalue weighted by Crippen LogP contribution is 2.44. The van der Waals surface area contributed by atoms with Gasteiger partial charge in [-0.2, -0.15) is 0 Å². The molecule has 3 aromatic carbocycles. The second kappa shape index (κ2) is 12.1. The van der Waals surface area contributed by atoms with Crippen molar-refractivity contribution in [2.45, 2.75) is 52.2 Å². The molecule has 6 nitrogen and oxygen atoms in total. The Balaban J connectivity index is 1.37. The van der Waals surface area contributed by atoms with E-state index in [4.69, 9.17) is 4.43 Å². The van der Waals surface area contributed by atoms with Gasteiger partial charge in [0, 0.05) is 23.9 Å². The highest BCUT2D eigenvalue weighted by Gasteiger charge is 2.43. The number of fused-ring (bicyclic) bond motifs is 1. The quantitative estimate of drug-likeness (QED) is 0.195. The van der Waals surface area contributed by atoms with Crippen LogP contribution in [-0.2, 0) is 10.8 Å². The van der Waals surface area contributed by atoms with Gasteiger partial charge in [0.05, 0.1) is 22.3 Å². The van der Waals surface area contributed by atoms with E-state index in [-0.39, 0.29) is 16.9 Å². The van der Waals surface area contributed by atoms with Gasteiger partial charge in [0.2, 0.25) is 0 Å². The zero-order valence-corrected chi connectivity index (χ0v) is 25.2. The fourth-order valence-electron chi connectivity index (χ4n) is 4.44. The van der Waals surface area contributed by atoms with Gasteiger partial charge < -0.3 is 15.1 Å². The lowest BCUT2D eigenvalue weighted by Crippen LogP contribution is -2.45. The van der Waals surface area contributed by atoms with Gasteiger partial charge >= 0.3 is 0 Å². The van der Waals surface area contributed by atoms with Gasteiger partial charge in [0.25, 0.3) is 11.8 Å².